The first-order chi connectivity index (χ1) is 8.77. The third-order valence-electron chi connectivity index (χ3n) is 2.55. The van der Waals surface area contributed by atoms with E-state index in [2.05, 4.69) is 0 Å². The first kappa shape index (κ1) is 17.8. The highest BCUT2D eigenvalue weighted by Gasteiger charge is 2.20. The zero-order valence-electron chi connectivity index (χ0n) is 11.9. The average Bonchev–Trinajstić information content (AvgIpc) is 2.35. The van der Waals surface area contributed by atoms with Crippen molar-refractivity contribution in [3.8, 4) is 0 Å². The molecule has 7 heteroatoms. The van der Waals surface area contributed by atoms with Gasteiger partial charge in [-0.15, -0.1) is 0 Å². The summed E-state index contributed by atoms with van der Waals surface area (Å²) in [5.74, 6) is -1.15. The molecule has 112 valence electrons. The summed E-state index contributed by atoms with van der Waals surface area (Å²) in [6.07, 6.45) is 0. The Labute approximate surface area is 113 Å². The molecule has 0 heterocycles. The highest BCUT2D eigenvalue weighted by molar-refractivity contribution is 5.76. The molecule has 0 unspecified atom stereocenters. The molecule has 0 aromatic rings. The Morgan fingerprint density at radius 1 is 0.842 bits per heavy atom. The fourth-order valence-corrected chi connectivity index (χ4v) is 0.970. The van der Waals surface area contributed by atoms with Crippen molar-refractivity contribution in [2.75, 3.05) is 13.6 Å². The molecule has 0 aliphatic rings. The fourth-order valence-electron chi connectivity index (χ4n) is 0.970. The van der Waals surface area contributed by atoms with E-state index < -0.39 is 24.0 Å². The molecule has 0 saturated heterocycles. The second-order valence-corrected chi connectivity index (χ2v) is 4.91. The molecule has 0 saturated carbocycles. The number of esters is 2. The predicted molar refractivity (Wildman–Crippen MR) is 68.6 cm³/mol. The normalized spacial score (nSPS) is 14.3. The van der Waals surface area contributed by atoms with Gasteiger partial charge >= 0.3 is 11.9 Å². The molecule has 0 aliphatic heterocycles. The van der Waals surface area contributed by atoms with Crippen molar-refractivity contribution >= 4 is 11.9 Å². The van der Waals surface area contributed by atoms with Crippen LogP contribution in [0.2, 0.25) is 0 Å². The van der Waals surface area contributed by atoms with E-state index in [1.54, 1.807) is 0 Å². The van der Waals surface area contributed by atoms with Crippen molar-refractivity contribution in [1.82, 2.24) is 0 Å². The van der Waals surface area contributed by atoms with Crippen molar-refractivity contribution in [3.63, 3.8) is 0 Å². The topological polar surface area (TPSA) is 114 Å². The van der Waals surface area contributed by atoms with Crippen LogP contribution in [0.1, 0.15) is 27.7 Å². The minimum atomic E-state index is -0.694. The molecule has 7 nitrogen and oxygen atoms in total. The number of nitrogens with two attached hydrogens (primary N) is 2. The van der Waals surface area contributed by atoms with Gasteiger partial charge in [-0.2, -0.15) is 0 Å². The maximum atomic E-state index is 11.3. The quantitative estimate of drug-likeness (QED) is 0.363. The van der Waals surface area contributed by atoms with Gasteiger partial charge in [-0.05, 0) is 11.8 Å². The van der Waals surface area contributed by atoms with E-state index in [9.17, 15) is 9.59 Å². The smallest absolute Gasteiger partial charge is 0.325 e. The maximum Gasteiger partial charge on any atom is 0.325 e. The number of hydrogen-bond acceptors (Lipinski definition) is 7. The van der Waals surface area contributed by atoms with E-state index in [1.165, 1.54) is 0 Å². The predicted octanol–water partition coefficient (Wildman–Crippen LogP) is -0.0290. The van der Waals surface area contributed by atoms with E-state index in [0.29, 0.717) is 0 Å². The number of carbonyl (C=O) groups excluding carboxylic acids is 2. The highest BCUT2D eigenvalue weighted by Crippen LogP contribution is 2.02. The van der Waals surface area contributed by atoms with Crippen LogP contribution in [0, 0.1) is 11.8 Å². The minimum Gasteiger partial charge on any atom is -0.437 e. The third kappa shape index (κ3) is 7.09. The first-order valence-corrected chi connectivity index (χ1v) is 6.19. The Balaban J connectivity index is 3.71. The second kappa shape index (κ2) is 8.84. The van der Waals surface area contributed by atoms with E-state index in [0.717, 1.165) is 0 Å². The molecule has 19 heavy (non-hydrogen) atoms. The summed E-state index contributed by atoms with van der Waals surface area (Å²) in [7, 11) is 0. The van der Waals surface area contributed by atoms with E-state index in [-0.39, 0.29) is 25.4 Å². The number of ether oxygens (including phenoxy) is 3. The molecule has 0 amide bonds. The molecule has 2 atom stereocenters. The van der Waals surface area contributed by atoms with Crippen molar-refractivity contribution in [3.05, 3.63) is 0 Å². The van der Waals surface area contributed by atoms with Crippen LogP contribution in [0.4, 0.5) is 0 Å². The lowest BCUT2D eigenvalue weighted by atomic mass is 10.1. The average molecular weight is 276 g/mol. The van der Waals surface area contributed by atoms with Gasteiger partial charge in [0.15, 0.2) is 13.6 Å². The van der Waals surface area contributed by atoms with Crippen molar-refractivity contribution < 1.29 is 23.8 Å². The molecule has 0 rings (SSSR count). The third-order valence-corrected chi connectivity index (χ3v) is 2.55. The summed E-state index contributed by atoms with van der Waals surface area (Å²) in [5.41, 5.74) is 11.1. The van der Waals surface area contributed by atoms with Crippen molar-refractivity contribution in [2.24, 2.45) is 23.3 Å². The van der Waals surface area contributed by atoms with Gasteiger partial charge in [0.05, 0.1) is 0 Å². The van der Waals surface area contributed by atoms with E-state index >= 15 is 0 Å². The minimum absolute atomic E-state index is 0.0191. The van der Waals surface area contributed by atoms with Gasteiger partial charge in [0.2, 0.25) is 0 Å². The van der Waals surface area contributed by atoms with Crippen LogP contribution in [0.15, 0.2) is 0 Å². The summed E-state index contributed by atoms with van der Waals surface area (Å²) in [6.45, 7) is 6.60. The fraction of sp³-hybridized carbons (Fsp3) is 0.833. The van der Waals surface area contributed by atoms with E-state index in [4.69, 9.17) is 25.7 Å². The molecular weight excluding hydrogens is 252 g/mol. The molecule has 0 radical (unpaired) electrons. The summed E-state index contributed by atoms with van der Waals surface area (Å²) in [6, 6.07) is -1.39. The molecule has 0 bridgehead atoms. The van der Waals surface area contributed by atoms with Crippen LogP contribution < -0.4 is 11.5 Å². The number of carbonyl (C=O) groups is 2. The maximum absolute atomic E-state index is 11.3. The summed E-state index contributed by atoms with van der Waals surface area (Å²) in [5, 5.41) is 0. The first-order valence-electron chi connectivity index (χ1n) is 6.19. The Morgan fingerprint density at radius 2 is 1.16 bits per heavy atom. The summed E-state index contributed by atoms with van der Waals surface area (Å²) >= 11 is 0. The lowest BCUT2D eigenvalue weighted by molar-refractivity contribution is -0.178. The van der Waals surface area contributed by atoms with Gasteiger partial charge in [-0.3, -0.25) is 9.59 Å². The van der Waals surface area contributed by atoms with Crippen LogP contribution in [0.3, 0.4) is 0 Å². The molecule has 0 aromatic carbocycles. The Hall–Kier alpha value is -1.18. The Morgan fingerprint density at radius 3 is 1.42 bits per heavy atom. The molecule has 0 fully saturated rings. The van der Waals surface area contributed by atoms with Crippen LogP contribution in [0.25, 0.3) is 0 Å². The van der Waals surface area contributed by atoms with Crippen LogP contribution in [0.5, 0.6) is 0 Å². The van der Waals surface area contributed by atoms with Crippen LogP contribution >= 0.6 is 0 Å². The SMILES string of the molecule is CC(C)[C@H](N)C(=O)OCOCOC(=O)[C@@H](N)C(C)C. The standard InChI is InChI=1S/C12H24N2O5/c1-7(2)9(13)11(15)18-5-17-6-19-12(16)10(14)8(3)4/h7-10H,5-6,13-14H2,1-4H3/t9-,10-/m0/s1. The molecule has 0 aliphatic carbocycles. The number of rotatable bonds is 8. The summed E-state index contributed by atoms with van der Waals surface area (Å²) in [4.78, 5) is 22.6. The molecule has 0 spiro atoms. The molecular formula is C12H24N2O5. The van der Waals surface area contributed by atoms with Crippen LogP contribution in [-0.2, 0) is 23.8 Å². The Kier molecular flexibility index (Phi) is 8.29. The van der Waals surface area contributed by atoms with Crippen molar-refractivity contribution in [1.29, 1.82) is 0 Å². The zero-order chi connectivity index (χ0) is 15.0. The van der Waals surface area contributed by atoms with Gasteiger partial charge in [0.1, 0.15) is 12.1 Å². The van der Waals surface area contributed by atoms with Gasteiger partial charge in [-0.1, -0.05) is 27.7 Å². The Bertz CT molecular complexity index is 266. The zero-order valence-corrected chi connectivity index (χ0v) is 11.9. The lowest BCUT2D eigenvalue weighted by Crippen LogP contribution is -2.38. The van der Waals surface area contributed by atoms with E-state index in [1.807, 2.05) is 27.7 Å². The monoisotopic (exact) mass is 276 g/mol. The molecule has 4 N–H and O–H groups in total. The van der Waals surface area contributed by atoms with Gasteiger partial charge in [0, 0.05) is 0 Å². The van der Waals surface area contributed by atoms with Gasteiger partial charge < -0.3 is 25.7 Å². The van der Waals surface area contributed by atoms with Gasteiger partial charge in [0.25, 0.3) is 0 Å². The lowest BCUT2D eigenvalue weighted by Gasteiger charge is -2.16. The largest absolute Gasteiger partial charge is 0.437 e. The number of hydrogen-bond donors (Lipinski definition) is 2. The van der Waals surface area contributed by atoms with Crippen molar-refractivity contribution in [2.45, 2.75) is 39.8 Å². The van der Waals surface area contributed by atoms with Gasteiger partial charge in [-0.25, -0.2) is 0 Å². The highest BCUT2D eigenvalue weighted by atomic mass is 16.8. The van der Waals surface area contributed by atoms with Crippen LogP contribution in [-0.4, -0.2) is 37.6 Å². The molecule has 0 aromatic heterocycles. The second-order valence-electron chi connectivity index (χ2n) is 4.91. The summed E-state index contributed by atoms with van der Waals surface area (Å²) < 4.78 is 14.3.